The van der Waals surface area contributed by atoms with Crippen molar-refractivity contribution in [3.8, 4) is 0 Å². The number of rotatable bonds is 17. The van der Waals surface area contributed by atoms with Crippen molar-refractivity contribution in [1.82, 2.24) is 4.90 Å². The van der Waals surface area contributed by atoms with E-state index in [1.165, 1.54) is 0 Å². The molecular formula is C20H44NO4Si. The number of ether oxygens (including phenoxy) is 1. The molecule has 0 saturated heterocycles. The lowest BCUT2D eigenvalue weighted by Crippen LogP contribution is -2.46. The van der Waals surface area contributed by atoms with Gasteiger partial charge in [-0.2, -0.15) is 0 Å². The summed E-state index contributed by atoms with van der Waals surface area (Å²) < 4.78 is 23.8. The molecule has 0 heterocycles. The molecule has 26 heavy (non-hydrogen) atoms. The Kier molecular flexibility index (Phi) is 15.0. The van der Waals surface area contributed by atoms with Crippen LogP contribution in [0.25, 0.3) is 0 Å². The van der Waals surface area contributed by atoms with Gasteiger partial charge in [0.25, 0.3) is 0 Å². The van der Waals surface area contributed by atoms with Crippen LogP contribution >= 0.6 is 0 Å². The second kappa shape index (κ2) is 15.0. The summed E-state index contributed by atoms with van der Waals surface area (Å²) in [6.07, 6.45) is 4.28. The molecule has 0 amide bonds. The first-order valence-corrected chi connectivity index (χ1v) is 12.4. The fraction of sp³-hybridized carbons (Fsp3) is 0.950. The van der Waals surface area contributed by atoms with Gasteiger partial charge in [-0.1, -0.05) is 6.92 Å². The molecule has 0 aliphatic rings. The van der Waals surface area contributed by atoms with Crippen molar-refractivity contribution >= 4 is 8.80 Å². The highest BCUT2D eigenvalue weighted by molar-refractivity contribution is 6.60. The molecule has 5 nitrogen and oxygen atoms in total. The maximum absolute atomic E-state index is 6.10. The molecule has 0 aromatic rings. The summed E-state index contributed by atoms with van der Waals surface area (Å²) in [6, 6.07) is 1.92. The first-order chi connectivity index (χ1) is 12.4. The summed E-state index contributed by atoms with van der Waals surface area (Å²) in [5.41, 5.74) is 0. The Bertz CT molecular complexity index is 304. The topological polar surface area (TPSA) is 40.2 Å². The largest absolute Gasteiger partial charge is 0.501 e. The Morgan fingerprint density at radius 2 is 1.38 bits per heavy atom. The van der Waals surface area contributed by atoms with Crippen molar-refractivity contribution in [3.05, 3.63) is 6.42 Å². The van der Waals surface area contributed by atoms with E-state index < -0.39 is 8.80 Å². The smallest absolute Gasteiger partial charge is 0.378 e. The average Bonchev–Trinajstić information content (AvgIpc) is 2.57. The van der Waals surface area contributed by atoms with Gasteiger partial charge in [0.05, 0.1) is 6.10 Å². The second-order valence-corrected chi connectivity index (χ2v) is 9.77. The van der Waals surface area contributed by atoms with E-state index in [9.17, 15) is 0 Å². The van der Waals surface area contributed by atoms with Gasteiger partial charge in [-0.15, -0.1) is 0 Å². The van der Waals surface area contributed by atoms with Crippen LogP contribution in [0.1, 0.15) is 68.2 Å². The molecule has 0 N–H and O–H groups in total. The van der Waals surface area contributed by atoms with Gasteiger partial charge in [0, 0.05) is 51.1 Å². The molecule has 0 fully saturated rings. The first-order valence-electron chi connectivity index (χ1n) is 10.4. The Morgan fingerprint density at radius 3 is 1.77 bits per heavy atom. The van der Waals surface area contributed by atoms with E-state index in [0.717, 1.165) is 25.4 Å². The lowest BCUT2D eigenvalue weighted by atomic mass is 10.1. The molecule has 0 aliphatic carbocycles. The first kappa shape index (κ1) is 26.0. The van der Waals surface area contributed by atoms with Crippen molar-refractivity contribution < 1.29 is 18.0 Å². The van der Waals surface area contributed by atoms with Crippen LogP contribution < -0.4 is 0 Å². The van der Waals surface area contributed by atoms with Crippen molar-refractivity contribution in [2.24, 2.45) is 0 Å². The van der Waals surface area contributed by atoms with Crippen molar-refractivity contribution in [2.45, 2.75) is 92.5 Å². The van der Waals surface area contributed by atoms with Crippen molar-refractivity contribution in [3.63, 3.8) is 0 Å². The van der Waals surface area contributed by atoms with Crippen LogP contribution in [0.5, 0.6) is 0 Å². The van der Waals surface area contributed by atoms with Gasteiger partial charge in [0.2, 0.25) is 0 Å². The lowest BCUT2D eigenvalue weighted by molar-refractivity contribution is 0.0438. The zero-order chi connectivity index (χ0) is 20.0. The van der Waals surface area contributed by atoms with Gasteiger partial charge in [-0.05, 0) is 67.7 Å². The summed E-state index contributed by atoms with van der Waals surface area (Å²) >= 11 is 0. The molecule has 0 aromatic heterocycles. The average molecular weight is 391 g/mol. The predicted octanol–water partition coefficient (Wildman–Crippen LogP) is 4.54. The van der Waals surface area contributed by atoms with E-state index in [-0.39, 0.29) is 6.10 Å². The summed E-state index contributed by atoms with van der Waals surface area (Å²) in [5.74, 6) is 0. The van der Waals surface area contributed by atoms with Gasteiger partial charge in [-0.3, -0.25) is 4.90 Å². The molecule has 1 atom stereocenters. The molecular weight excluding hydrogens is 346 g/mol. The van der Waals surface area contributed by atoms with Crippen LogP contribution in [0.15, 0.2) is 0 Å². The molecule has 6 heteroatoms. The molecule has 1 radical (unpaired) electrons. The minimum Gasteiger partial charge on any atom is -0.378 e. The quantitative estimate of drug-likeness (QED) is 0.269. The summed E-state index contributed by atoms with van der Waals surface area (Å²) in [7, 11) is -2.54. The standard InChI is InChI=1S/C20H44NO4Si/c1-9-20(14-15-21(18(5)6)19(7)8)22-16-13-17-26(23-10-2,24-11-3)25-12-4/h9,18-20H,10-17H2,1-8H3. The van der Waals surface area contributed by atoms with Gasteiger partial charge >= 0.3 is 8.80 Å². The van der Waals surface area contributed by atoms with Crippen LogP contribution in [0.2, 0.25) is 6.04 Å². The van der Waals surface area contributed by atoms with Gasteiger partial charge in [-0.25, -0.2) is 0 Å². The molecule has 0 aliphatic heterocycles. The monoisotopic (exact) mass is 390 g/mol. The summed E-state index contributed by atoms with van der Waals surface area (Å²) in [6.45, 7) is 20.7. The Balaban J connectivity index is 4.38. The fourth-order valence-corrected chi connectivity index (χ4v) is 5.84. The second-order valence-electron chi connectivity index (χ2n) is 7.04. The highest BCUT2D eigenvalue weighted by Crippen LogP contribution is 2.19. The third kappa shape index (κ3) is 10.4. The van der Waals surface area contributed by atoms with E-state index in [0.29, 0.717) is 38.5 Å². The Labute approximate surface area is 164 Å². The number of hydrogen-bond donors (Lipinski definition) is 0. The molecule has 0 saturated carbocycles. The normalized spacial score (nSPS) is 14.0. The van der Waals surface area contributed by atoms with Gasteiger partial charge in [0.15, 0.2) is 0 Å². The molecule has 0 aromatic carbocycles. The minimum absolute atomic E-state index is 0.192. The third-order valence-corrected chi connectivity index (χ3v) is 7.57. The summed E-state index contributed by atoms with van der Waals surface area (Å²) in [4.78, 5) is 2.51. The highest BCUT2D eigenvalue weighted by Gasteiger charge is 2.39. The zero-order valence-electron chi connectivity index (χ0n) is 18.5. The maximum atomic E-state index is 6.10. The van der Waals surface area contributed by atoms with Crippen LogP contribution in [0.3, 0.4) is 0 Å². The Morgan fingerprint density at radius 1 is 0.885 bits per heavy atom. The van der Waals surface area contributed by atoms with Crippen LogP contribution in [-0.4, -0.2) is 64.9 Å². The molecule has 0 spiro atoms. The minimum atomic E-state index is -2.54. The van der Waals surface area contributed by atoms with Crippen LogP contribution in [-0.2, 0) is 18.0 Å². The van der Waals surface area contributed by atoms with E-state index in [1.807, 2.05) is 20.8 Å². The Hall–Kier alpha value is 0.0169. The SMILES string of the molecule is C[CH]C(CCN(C(C)C)C(C)C)OCCC[Si](OCC)(OCC)OCC. The van der Waals surface area contributed by atoms with E-state index >= 15 is 0 Å². The predicted molar refractivity (Wildman–Crippen MR) is 111 cm³/mol. The molecule has 157 valence electrons. The highest BCUT2D eigenvalue weighted by atomic mass is 28.4. The molecule has 0 rings (SSSR count). The maximum Gasteiger partial charge on any atom is 0.501 e. The summed E-state index contributed by atoms with van der Waals surface area (Å²) in [5, 5.41) is 0. The van der Waals surface area contributed by atoms with Crippen LogP contribution in [0.4, 0.5) is 0 Å². The van der Waals surface area contributed by atoms with Crippen molar-refractivity contribution in [2.75, 3.05) is 33.0 Å². The van der Waals surface area contributed by atoms with Crippen molar-refractivity contribution in [1.29, 1.82) is 0 Å². The molecule has 1 unspecified atom stereocenters. The third-order valence-electron chi connectivity index (χ3n) is 4.42. The van der Waals surface area contributed by atoms with E-state index in [1.54, 1.807) is 0 Å². The van der Waals surface area contributed by atoms with Gasteiger partial charge in [0.1, 0.15) is 0 Å². The van der Waals surface area contributed by atoms with E-state index in [2.05, 4.69) is 45.9 Å². The lowest BCUT2D eigenvalue weighted by Gasteiger charge is -2.32. The number of nitrogens with zero attached hydrogens (tertiary/aromatic N) is 1. The van der Waals surface area contributed by atoms with Gasteiger partial charge < -0.3 is 18.0 Å². The number of hydrogen-bond acceptors (Lipinski definition) is 5. The zero-order valence-corrected chi connectivity index (χ0v) is 19.5. The van der Waals surface area contributed by atoms with E-state index in [4.69, 9.17) is 18.0 Å². The molecule has 0 bridgehead atoms. The fourth-order valence-electron chi connectivity index (χ4n) is 3.26. The van der Waals surface area contributed by atoms with Crippen LogP contribution in [0, 0.1) is 6.42 Å².